The zero-order valence-electron chi connectivity index (χ0n) is 17.4. The van der Waals surface area contributed by atoms with Crippen LogP contribution < -0.4 is 0 Å². The monoisotopic (exact) mass is 456 g/mol. The Labute approximate surface area is 192 Å². The SMILES string of the molecule is O=C(O)c1cc(C(=O)O)cc(-c2ccc(-c3cc(C(=O)O)cc(C(=O)O)c3)c3ccccc23)c1. The van der Waals surface area contributed by atoms with Crippen molar-refractivity contribution in [3.63, 3.8) is 0 Å². The minimum atomic E-state index is -1.27. The van der Waals surface area contributed by atoms with Crippen LogP contribution in [-0.2, 0) is 0 Å². The Morgan fingerprint density at radius 2 is 0.735 bits per heavy atom. The number of aromatic carboxylic acids is 4. The molecule has 0 bridgehead atoms. The van der Waals surface area contributed by atoms with Gasteiger partial charge in [0, 0.05) is 0 Å². The Balaban J connectivity index is 2.00. The van der Waals surface area contributed by atoms with Gasteiger partial charge in [0.2, 0.25) is 0 Å². The van der Waals surface area contributed by atoms with Crippen LogP contribution in [0, 0.1) is 0 Å². The molecular formula is C26H16O8. The van der Waals surface area contributed by atoms with Crippen LogP contribution >= 0.6 is 0 Å². The van der Waals surface area contributed by atoms with Gasteiger partial charge in [-0.1, -0.05) is 36.4 Å². The maximum absolute atomic E-state index is 11.5. The number of benzene rings is 4. The second-order valence-electron chi connectivity index (χ2n) is 7.52. The zero-order chi connectivity index (χ0) is 24.6. The van der Waals surface area contributed by atoms with Crippen molar-refractivity contribution < 1.29 is 39.6 Å². The minimum Gasteiger partial charge on any atom is -0.478 e. The first-order valence-electron chi connectivity index (χ1n) is 9.91. The number of hydrogen-bond acceptors (Lipinski definition) is 4. The van der Waals surface area contributed by atoms with Gasteiger partial charge in [0.05, 0.1) is 22.3 Å². The van der Waals surface area contributed by atoms with E-state index >= 15 is 0 Å². The molecule has 0 saturated heterocycles. The Bertz CT molecular complexity index is 1340. The molecule has 0 atom stereocenters. The summed E-state index contributed by atoms with van der Waals surface area (Å²) >= 11 is 0. The van der Waals surface area contributed by atoms with E-state index in [1.165, 1.54) is 24.3 Å². The predicted molar refractivity (Wildman–Crippen MR) is 123 cm³/mol. The third-order valence-electron chi connectivity index (χ3n) is 5.40. The van der Waals surface area contributed by atoms with E-state index in [0.29, 0.717) is 33.0 Å². The van der Waals surface area contributed by atoms with Crippen molar-refractivity contribution in [2.24, 2.45) is 0 Å². The molecule has 4 N–H and O–H groups in total. The summed E-state index contributed by atoms with van der Waals surface area (Å²) in [5, 5.41) is 39.0. The Morgan fingerprint density at radius 3 is 1.00 bits per heavy atom. The molecule has 0 radical (unpaired) electrons. The average molecular weight is 456 g/mol. The van der Waals surface area contributed by atoms with Gasteiger partial charge in [0.1, 0.15) is 0 Å². The van der Waals surface area contributed by atoms with E-state index in [-0.39, 0.29) is 22.3 Å². The summed E-state index contributed by atoms with van der Waals surface area (Å²) in [6.45, 7) is 0. The van der Waals surface area contributed by atoms with Gasteiger partial charge >= 0.3 is 23.9 Å². The zero-order valence-corrected chi connectivity index (χ0v) is 17.4. The van der Waals surface area contributed by atoms with Gasteiger partial charge in [0.25, 0.3) is 0 Å². The molecule has 0 fully saturated rings. The van der Waals surface area contributed by atoms with E-state index in [2.05, 4.69) is 0 Å². The van der Waals surface area contributed by atoms with E-state index in [1.807, 2.05) is 0 Å². The summed E-state index contributed by atoms with van der Waals surface area (Å²) in [5.74, 6) is -5.07. The molecular weight excluding hydrogens is 440 g/mol. The summed E-state index contributed by atoms with van der Waals surface area (Å²) in [6, 6.07) is 18.0. The number of rotatable bonds is 6. The molecule has 0 saturated carbocycles. The van der Waals surface area contributed by atoms with Crippen molar-refractivity contribution >= 4 is 34.6 Å². The van der Waals surface area contributed by atoms with Crippen LogP contribution in [-0.4, -0.2) is 44.3 Å². The highest BCUT2D eigenvalue weighted by Gasteiger charge is 2.17. The van der Waals surface area contributed by atoms with Crippen LogP contribution in [0.3, 0.4) is 0 Å². The lowest BCUT2D eigenvalue weighted by molar-refractivity contribution is 0.0676. The van der Waals surface area contributed by atoms with E-state index in [0.717, 1.165) is 12.1 Å². The Kier molecular flexibility index (Phi) is 5.56. The highest BCUT2D eigenvalue weighted by molar-refractivity contribution is 6.07. The van der Waals surface area contributed by atoms with Gasteiger partial charge in [-0.3, -0.25) is 0 Å². The lowest BCUT2D eigenvalue weighted by Gasteiger charge is -2.14. The molecule has 0 aromatic heterocycles. The molecule has 0 aliphatic rings. The number of carboxylic acids is 4. The first-order chi connectivity index (χ1) is 16.2. The van der Waals surface area contributed by atoms with Crippen molar-refractivity contribution in [3.05, 3.63) is 95.1 Å². The normalized spacial score (nSPS) is 10.7. The highest BCUT2D eigenvalue weighted by Crippen LogP contribution is 2.37. The van der Waals surface area contributed by atoms with Crippen molar-refractivity contribution in [3.8, 4) is 22.3 Å². The summed E-state index contributed by atoms with van der Waals surface area (Å²) < 4.78 is 0. The predicted octanol–water partition coefficient (Wildman–Crippen LogP) is 4.97. The van der Waals surface area contributed by atoms with Crippen LogP contribution in [0.4, 0.5) is 0 Å². The van der Waals surface area contributed by atoms with Crippen LogP contribution in [0.25, 0.3) is 33.0 Å². The number of fused-ring (bicyclic) bond motifs is 1. The molecule has 4 rings (SSSR count). The lowest BCUT2D eigenvalue weighted by Crippen LogP contribution is -2.03. The third-order valence-corrected chi connectivity index (χ3v) is 5.40. The van der Waals surface area contributed by atoms with E-state index in [4.69, 9.17) is 0 Å². The molecule has 8 heteroatoms. The van der Waals surface area contributed by atoms with E-state index < -0.39 is 23.9 Å². The topological polar surface area (TPSA) is 149 Å². The number of carbonyl (C=O) groups is 4. The van der Waals surface area contributed by atoms with Crippen molar-refractivity contribution in [2.75, 3.05) is 0 Å². The molecule has 168 valence electrons. The van der Waals surface area contributed by atoms with Gasteiger partial charge in [0.15, 0.2) is 0 Å². The second kappa shape index (κ2) is 8.51. The molecule has 0 unspecified atom stereocenters. The molecule has 4 aromatic rings. The smallest absolute Gasteiger partial charge is 0.335 e. The van der Waals surface area contributed by atoms with Crippen molar-refractivity contribution in [1.82, 2.24) is 0 Å². The van der Waals surface area contributed by atoms with Crippen LogP contribution in [0.2, 0.25) is 0 Å². The summed E-state index contributed by atoms with van der Waals surface area (Å²) in [7, 11) is 0. The molecule has 0 aliphatic heterocycles. The molecule has 8 nitrogen and oxygen atoms in total. The molecule has 0 amide bonds. The Morgan fingerprint density at radius 1 is 0.441 bits per heavy atom. The van der Waals surface area contributed by atoms with Crippen molar-refractivity contribution in [2.45, 2.75) is 0 Å². The quantitative estimate of drug-likeness (QED) is 0.318. The van der Waals surface area contributed by atoms with Crippen LogP contribution in [0.1, 0.15) is 41.4 Å². The van der Waals surface area contributed by atoms with Gasteiger partial charge in [-0.2, -0.15) is 0 Å². The van der Waals surface area contributed by atoms with Crippen LogP contribution in [0.15, 0.2) is 72.8 Å². The lowest BCUT2D eigenvalue weighted by atomic mass is 9.90. The highest BCUT2D eigenvalue weighted by atomic mass is 16.4. The van der Waals surface area contributed by atoms with Gasteiger partial charge in [-0.15, -0.1) is 0 Å². The first kappa shape index (κ1) is 22.2. The molecule has 0 spiro atoms. The fraction of sp³-hybridized carbons (Fsp3) is 0. The summed E-state index contributed by atoms with van der Waals surface area (Å²) in [5.41, 5.74) is 1.19. The standard InChI is InChI=1S/C26H16O8/c27-23(28)15-7-13(8-16(11-15)24(29)30)19-5-6-20(22-4-2-1-3-21(19)22)14-9-17(25(31)32)12-18(10-14)26(33)34/h1-12H,(H,27,28)(H,29,30)(H,31,32)(H,33,34). The average Bonchev–Trinajstić information content (AvgIpc) is 2.82. The first-order valence-corrected chi connectivity index (χ1v) is 9.91. The fourth-order valence-corrected chi connectivity index (χ4v) is 3.86. The van der Waals surface area contributed by atoms with E-state index in [9.17, 15) is 39.6 Å². The number of hydrogen-bond donors (Lipinski definition) is 4. The molecule has 0 heterocycles. The maximum Gasteiger partial charge on any atom is 0.335 e. The van der Waals surface area contributed by atoms with Crippen LogP contribution in [0.5, 0.6) is 0 Å². The van der Waals surface area contributed by atoms with Crippen molar-refractivity contribution in [1.29, 1.82) is 0 Å². The molecule has 4 aromatic carbocycles. The molecule has 0 aliphatic carbocycles. The fourth-order valence-electron chi connectivity index (χ4n) is 3.86. The Hall–Kier alpha value is -4.98. The van der Waals surface area contributed by atoms with Gasteiger partial charge in [-0.25, -0.2) is 19.2 Å². The molecule has 34 heavy (non-hydrogen) atoms. The van der Waals surface area contributed by atoms with E-state index in [1.54, 1.807) is 36.4 Å². The summed E-state index contributed by atoms with van der Waals surface area (Å²) in [6.07, 6.45) is 0. The maximum atomic E-state index is 11.5. The minimum absolute atomic E-state index is 0.177. The number of carboxylic acid groups (broad SMARTS) is 4. The third kappa shape index (κ3) is 4.07. The van der Waals surface area contributed by atoms with Gasteiger partial charge < -0.3 is 20.4 Å². The van der Waals surface area contributed by atoms with Gasteiger partial charge in [-0.05, 0) is 69.4 Å². The largest absolute Gasteiger partial charge is 0.478 e. The summed E-state index contributed by atoms with van der Waals surface area (Å²) in [4.78, 5) is 46.2. The second-order valence-corrected chi connectivity index (χ2v) is 7.52.